The molecule has 6 rings (SSSR count). The fourth-order valence-electron chi connectivity index (χ4n) is 5.13. The highest BCUT2D eigenvalue weighted by molar-refractivity contribution is 5.92. The fourth-order valence-corrected chi connectivity index (χ4v) is 5.13. The van der Waals surface area contributed by atoms with Gasteiger partial charge < -0.3 is 14.5 Å². The SMILES string of the molecule is Cc1nc2nc(C)c(O[C@@H]3CCN(c4ccc(-c5ccc(C(=O)N6CC(C)C6)nn5)cc4)C3)c(C)n2n1. The molecule has 190 valence electrons. The van der Waals surface area contributed by atoms with Gasteiger partial charge in [-0.1, -0.05) is 19.1 Å². The number of amides is 1. The van der Waals surface area contributed by atoms with E-state index in [1.165, 1.54) is 0 Å². The molecule has 4 aromatic rings. The summed E-state index contributed by atoms with van der Waals surface area (Å²) < 4.78 is 8.17. The number of nitrogens with zero attached hydrogens (tertiary/aromatic N) is 8. The van der Waals surface area contributed by atoms with Gasteiger partial charge in [0.1, 0.15) is 11.9 Å². The van der Waals surface area contributed by atoms with E-state index in [9.17, 15) is 4.79 Å². The fraction of sp³-hybridized carbons (Fsp3) is 0.407. The molecule has 0 bridgehead atoms. The third kappa shape index (κ3) is 4.36. The first kappa shape index (κ1) is 23.3. The average Bonchev–Trinajstić information content (AvgIpc) is 3.50. The Balaban J connectivity index is 1.11. The summed E-state index contributed by atoms with van der Waals surface area (Å²) >= 11 is 0. The summed E-state index contributed by atoms with van der Waals surface area (Å²) in [5.74, 6) is 2.59. The molecule has 0 spiro atoms. The van der Waals surface area contributed by atoms with Crippen molar-refractivity contribution in [3.63, 3.8) is 0 Å². The van der Waals surface area contributed by atoms with Crippen LogP contribution in [0.2, 0.25) is 0 Å². The minimum atomic E-state index is -0.0456. The van der Waals surface area contributed by atoms with Gasteiger partial charge >= 0.3 is 0 Å². The second-order valence-electron chi connectivity index (χ2n) is 10.1. The van der Waals surface area contributed by atoms with Gasteiger partial charge in [0.2, 0.25) is 0 Å². The van der Waals surface area contributed by atoms with Crippen molar-refractivity contribution in [2.75, 3.05) is 31.1 Å². The van der Waals surface area contributed by atoms with Gasteiger partial charge in [0, 0.05) is 37.3 Å². The maximum Gasteiger partial charge on any atom is 0.274 e. The van der Waals surface area contributed by atoms with Crippen LogP contribution in [-0.4, -0.2) is 72.9 Å². The van der Waals surface area contributed by atoms with E-state index in [0.717, 1.165) is 66.7 Å². The molecule has 1 amide bonds. The van der Waals surface area contributed by atoms with Crippen molar-refractivity contribution in [1.29, 1.82) is 0 Å². The molecular formula is C27H30N8O2. The van der Waals surface area contributed by atoms with Crippen LogP contribution in [-0.2, 0) is 0 Å². The van der Waals surface area contributed by atoms with Crippen LogP contribution in [0.5, 0.6) is 5.75 Å². The van der Waals surface area contributed by atoms with E-state index >= 15 is 0 Å². The largest absolute Gasteiger partial charge is 0.485 e. The molecule has 10 nitrogen and oxygen atoms in total. The van der Waals surface area contributed by atoms with Crippen molar-refractivity contribution in [3.8, 4) is 17.0 Å². The van der Waals surface area contributed by atoms with Crippen molar-refractivity contribution in [2.45, 2.75) is 40.2 Å². The molecule has 2 aliphatic rings. The first-order valence-corrected chi connectivity index (χ1v) is 12.7. The summed E-state index contributed by atoms with van der Waals surface area (Å²) in [6.07, 6.45) is 0.984. The van der Waals surface area contributed by atoms with Gasteiger partial charge in [0.25, 0.3) is 11.7 Å². The minimum absolute atomic E-state index is 0.0456. The molecule has 37 heavy (non-hydrogen) atoms. The van der Waals surface area contributed by atoms with E-state index in [0.29, 0.717) is 23.2 Å². The third-order valence-electron chi connectivity index (χ3n) is 7.13. The quantitative estimate of drug-likeness (QED) is 0.413. The van der Waals surface area contributed by atoms with Crippen molar-refractivity contribution < 1.29 is 9.53 Å². The molecule has 2 aliphatic heterocycles. The standard InChI is InChI=1S/C27H30N8O2/c1-16-13-34(14-16)26(36)24-10-9-23(30-31-24)20-5-7-21(8-6-20)33-12-11-22(15-33)37-25-17(2)28-27-29-19(4)32-35(27)18(25)3/h5-10,16,22H,11-15H2,1-4H3/t22-/m1/s1. The lowest BCUT2D eigenvalue weighted by atomic mass is 10.0. The molecule has 3 aromatic heterocycles. The minimum Gasteiger partial charge on any atom is -0.485 e. The predicted molar refractivity (Wildman–Crippen MR) is 139 cm³/mol. The summed E-state index contributed by atoms with van der Waals surface area (Å²) in [6.45, 7) is 11.2. The van der Waals surface area contributed by atoms with Gasteiger partial charge in [-0.3, -0.25) is 4.79 Å². The van der Waals surface area contributed by atoms with Crippen molar-refractivity contribution in [2.24, 2.45) is 5.92 Å². The molecule has 2 fully saturated rings. The highest BCUT2D eigenvalue weighted by Gasteiger charge is 2.29. The van der Waals surface area contributed by atoms with Crippen LogP contribution < -0.4 is 9.64 Å². The zero-order valence-corrected chi connectivity index (χ0v) is 21.5. The monoisotopic (exact) mass is 498 g/mol. The molecule has 0 unspecified atom stereocenters. The molecule has 0 N–H and O–H groups in total. The lowest BCUT2D eigenvalue weighted by Crippen LogP contribution is -2.48. The van der Waals surface area contributed by atoms with E-state index in [4.69, 9.17) is 4.74 Å². The molecule has 0 saturated carbocycles. The van der Waals surface area contributed by atoms with Crippen molar-refractivity contribution in [3.05, 3.63) is 59.3 Å². The summed E-state index contributed by atoms with van der Waals surface area (Å²) in [5, 5.41) is 12.9. The molecule has 1 aromatic carbocycles. The lowest BCUT2D eigenvalue weighted by Gasteiger charge is -2.36. The predicted octanol–water partition coefficient (Wildman–Crippen LogP) is 3.26. The van der Waals surface area contributed by atoms with Crippen LogP contribution in [0.15, 0.2) is 36.4 Å². The summed E-state index contributed by atoms with van der Waals surface area (Å²) in [6, 6.07) is 11.9. The molecule has 5 heterocycles. The number of hydrogen-bond acceptors (Lipinski definition) is 8. The van der Waals surface area contributed by atoms with Crippen LogP contribution in [0, 0.1) is 26.7 Å². The van der Waals surface area contributed by atoms with E-state index in [-0.39, 0.29) is 12.0 Å². The zero-order chi connectivity index (χ0) is 25.7. The molecular weight excluding hydrogens is 468 g/mol. The highest BCUT2D eigenvalue weighted by Crippen LogP contribution is 2.29. The molecule has 1 atom stereocenters. The van der Waals surface area contributed by atoms with Crippen LogP contribution in [0.25, 0.3) is 17.0 Å². The topological polar surface area (TPSA) is 102 Å². The summed E-state index contributed by atoms with van der Waals surface area (Å²) in [7, 11) is 0. The molecule has 0 radical (unpaired) electrons. The van der Waals surface area contributed by atoms with Crippen LogP contribution in [0.1, 0.15) is 41.0 Å². The van der Waals surface area contributed by atoms with Crippen molar-refractivity contribution in [1.82, 2.24) is 34.7 Å². The number of likely N-dealkylation sites (tertiary alicyclic amines) is 1. The summed E-state index contributed by atoms with van der Waals surface area (Å²) in [5.41, 5.74) is 4.99. The number of anilines is 1. The highest BCUT2D eigenvalue weighted by atomic mass is 16.5. The second kappa shape index (κ2) is 9.10. The van der Waals surface area contributed by atoms with Crippen LogP contribution in [0.4, 0.5) is 5.69 Å². The number of ether oxygens (including phenoxy) is 1. The Morgan fingerprint density at radius 2 is 1.76 bits per heavy atom. The number of aryl methyl sites for hydroxylation is 3. The number of fused-ring (bicyclic) bond motifs is 1. The van der Waals surface area contributed by atoms with E-state index in [1.807, 2.05) is 43.9 Å². The number of carbonyl (C=O) groups is 1. The molecule has 0 aliphatic carbocycles. The second-order valence-corrected chi connectivity index (χ2v) is 10.1. The lowest BCUT2D eigenvalue weighted by molar-refractivity contribution is 0.0523. The van der Waals surface area contributed by atoms with E-state index < -0.39 is 0 Å². The first-order chi connectivity index (χ1) is 17.9. The van der Waals surface area contributed by atoms with Crippen molar-refractivity contribution >= 4 is 17.4 Å². The number of rotatable bonds is 5. The van der Waals surface area contributed by atoms with Crippen LogP contribution in [0.3, 0.4) is 0 Å². The van der Waals surface area contributed by atoms with Gasteiger partial charge in [-0.25, -0.2) is 4.98 Å². The number of benzene rings is 1. The van der Waals surface area contributed by atoms with Crippen LogP contribution >= 0.6 is 0 Å². The number of carbonyl (C=O) groups excluding carboxylic acids is 1. The Bertz CT molecular complexity index is 1460. The average molecular weight is 499 g/mol. The Hall–Kier alpha value is -4.08. The first-order valence-electron chi connectivity index (χ1n) is 12.7. The summed E-state index contributed by atoms with van der Waals surface area (Å²) in [4.78, 5) is 25.5. The smallest absolute Gasteiger partial charge is 0.274 e. The van der Waals surface area contributed by atoms with Gasteiger partial charge in [0.15, 0.2) is 11.4 Å². The Morgan fingerprint density at radius 1 is 0.973 bits per heavy atom. The van der Waals surface area contributed by atoms with Gasteiger partial charge in [-0.05, 0) is 51.0 Å². The zero-order valence-electron chi connectivity index (χ0n) is 21.5. The van der Waals surface area contributed by atoms with E-state index in [2.05, 4.69) is 49.2 Å². The van der Waals surface area contributed by atoms with Gasteiger partial charge in [0.05, 0.1) is 23.6 Å². The number of aromatic nitrogens is 6. The third-order valence-corrected chi connectivity index (χ3v) is 7.13. The Kier molecular flexibility index (Phi) is 5.73. The molecule has 2 saturated heterocycles. The maximum absolute atomic E-state index is 12.4. The normalized spacial score (nSPS) is 17.9. The van der Waals surface area contributed by atoms with Gasteiger partial charge in [-0.15, -0.1) is 15.3 Å². The maximum atomic E-state index is 12.4. The Morgan fingerprint density at radius 3 is 2.46 bits per heavy atom. The van der Waals surface area contributed by atoms with E-state index in [1.54, 1.807) is 10.6 Å². The number of hydrogen-bond donors (Lipinski definition) is 0. The van der Waals surface area contributed by atoms with Gasteiger partial charge in [-0.2, -0.15) is 9.50 Å². The Labute approximate surface area is 215 Å². The molecule has 10 heteroatoms.